The van der Waals surface area contributed by atoms with Crippen molar-refractivity contribution >= 4 is 11.9 Å². The molecule has 1 amide bonds. The van der Waals surface area contributed by atoms with Crippen LogP contribution in [0, 0.1) is 0 Å². The molecule has 0 bridgehead atoms. The predicted octanol–water partition coefficient (Wildman–Crippen LogP) is 0.486. The summed E-state index contributed by atoms with van der Waals surface area (Å²) in [5, 5.41) is 8.98. The summed E-state index contributed by atoms with van der Waals surface area (Å²) in [7, 11) is 0. The van der Waals surface area contributed by atoms with Crippen LogP contribution in [-0.2, 0) is 21.4 Å². The second kappa shape index (κ2) is 4.97. The Hall–Kier alpha value is -1.95. The van der Waals surface area contributed by atoms with Gasteiger partial charge in [-0.15, -0.1) is 0 Å². The number of pyridine rings is 1. The Morgan fingerprint density at radius 3 is 2.79 bits per heavy atom. The molecule has 1 atom stereocenters. The molecule has 1 aliphatic rings. The molecule has 0 radical (unpaired) electrons. The quantitative estimate of drug-likeness (QED) is 0.823. The van der Waals surface area contributed by atoms with E-state index in [0.29, 0.717) is 25.1 Å². The third kappa shape index (κ3) is 2.19. The smallest absolute Gasteiger partial charge is 0.337 e. The number of aromatic carboxylic acids is 1. The molecule has 0 aliphatic carbocycles. The summed E-state index contributed by atoms with van der Waals surface area (Å²) in [5.41, 5.74) is 5.97. The Balaban J connectivity index is 2.54. The van der Waals surface area contributed by atoms with Crippen LogP contribution in [0.5, 0.6) is 0 Å². The van der Waals surface area contributed by atoms with Crippen LogP contribution in [0.2, 0.25) is 0 Å². The van der Waals surface area contributed by atoms with E-state index < -0.39 is 17.3 Å². The maximum absolute atomic E-state index is 11.8. The normalized spacial score (nSPS) is 22.4. The monoisotopic (exact) mass is 264 g/mol. The van der Waals surface area contributed by atoms with Crippen molar-refractivity contribution in [2.24, 2.45) is 5.73 Å². The van der Waals surface area contributed by atoms with Gasteiger partial charge in [-0.25, -0.2) is 4.79 Å². The van der Waals surface area contributed by atoms with Crippen LogP contribution >= 0.6 is 0 Å². The molecule has 19 heavy (non-hydrogen) atoms. The van der Waals surface area contributed by atoms with Crippen LogP contribution in [0.3, 0.4) is 0 Å². The summed E-state index contributed by atoms with van der Waals surface area (Å²) in [6.07, 6.45) is 2.33. The second-order valence-corrected chi connectivity index (χ2v) is 4.64. The van der Waals surface area contributed by atoms with Gasteiger partial charge in [0, 0.05) is 12.8 Å². The Morgan fingerprint density at radius 2 is 2.32 bits per heavy atom. The van der Waals surface area contributed by atoms with E-state index in [1.54, 1.807) is 6.07 Å². The van der Waals surface area contributed by atoms with Gasteiger partial charge >= 0.3 is 5.97 Å². The Labute approximate surface area is 110 Å². The first kappa shape index (κ1) is 13.5. The van der Waals surface area contributed by atoms with E-state index in [9.17, 15) is 9.59 Å². The first-order valence-corrected chi connectivity index (χ1v) is 6.11. The number of amides is 1. The van der Waals surface area contributed by atoms with Crippen molar-refractivity contribution in [3.05, 3.63) is 29.1 Å². The van der Waals surface area contributed by atoms with Crippen LogP contribution < -0.4 is 5.73 Å². The van der Waals surface area contributed by atoms with Crippen molar-refractivity contribution in [1.29, 1.82) is 0 Å². The molecule has 1 aromatic heterocycles. The topological polar surface area (TPSA) is 103 Å². The maximum Gasteiger partial charge on any atom is 0.337 e. The SMILES string of the molecule is CCc1cc(C(=O)O)cnc1C1(C(N)=O)CCOC1. The number of hydrogen-bond donors (Lipinski definition) is 2. The molecule has 0 aromatic carbocycles. The lowest BCUT2D eigenvalue weighted by Gasteiger charge is -2.25. The highest BCUT2D eigenvalue weighted by Gasteiger charge is 2.45. The first-order valence-electron chi connectivity index (χ1n) is 6.11. The van der Waals surface area contributed by atoms with Crippen LogP contribution in [0.15, 0.2) is 12.3 Å². The minimum atomic E-state index is -1.04. The second-order valence-electron chi connectivity index (χ2n) is 4.64. The van der Waals surface area contributed by atoms with Crippen molar-refractivity contribution in [2.75, 3.05) is 13.2 Å². The summed E-state index contributed by atoms with van der Waals surface area (Å²) in [5.74, 6) is -1.51. The molecular weight excluding hydrogens is 248 g/mol. The molecule has 2 heterocycles. The average molecular weight is 264 g/mol. The molecule has 3 N–H and O–H groups in total. The van der Waals surface area contributed by atoms with Crippen LogP contribution in [-0.4, -0.2) is 35.2 Å². The summed E-state index contributed by atoms with van der Waals surface area (Å²) in [4.78, 5) is 26.9. The van der Waals surface area contributed by atoms with Gasteiger partial charge in [-0.1, -0.05) is 6.92 Å². The summed E-state index contributed by atoms with van der Waals surface area (Å²) >= 11 is 0. The van der Waals surface area contributed by atoms with Gasteiger partial charge in [0.2, 0.25) is 5.91 Å². The van der Waals surface area contributed by atoms with Gasteiger partial charge in [-0.05, 0) is 24.5 Å². The molecule has 1 saturated heterocycles. The Morgan fingerprint density at radius 1 is 1.58 bits per heavy atom. The number of hydrogen-bond acceptors (Lipinski definition) is 4. The number of ether oxygens (including phenoxy) is 1. The molecule has 0 spiro atoms. The fourth-order valence-corrected chi connectivity index (χ4v) is 2.39. The first-order chi connectivity index (χ1) is 9.01. The highest BCUT2D eigenvalue weighted by molar-refractivity contribution is 5.89. The van der Waals surface area contributed by atoms with Crippen LogP contribution in [0.1, 0.15) is 35.0 Å². The summed E-state index contributed by atoms with van der Waals surface area (Å²) < 4.78 is 5.30. The van der Waals surface area contributed by atoms with Gasteiger partial charge in [0.1, 0.15) is 5.41 Å². The molecule has 2 rings (SSSR count). The van der Waals surface area contributed by atoms with Crippen LogP contribution in [0.25, 0.3) is 0 Å². The van der Waals surface area contributed by atoms with E-state index in [0.717, 1.165) is 5.56 Å². The van der Waals surface area contributed by atoms with E-state index in [4.69, 9.17) is 15.6 Å². The number of rotatable bonds is 4. The lowest BCUT2D eigenvalue weighted by atomic mass is 9.79. The maximum atomic E-state index is 11.8. The van der Waals surface area contributed by atoms with Crippen molar-refractivity contribution in [2.45, 2.75) is 25.2 Å². The lowest BCUT2D eigenvalue weighted by Crippen LogP contribution is -2.43. The fraction of sp³-hybridized carbons (Fsp3) is 0.462. The number of primary amides is 1. The molecule has 6 heteroatoms. The Bertz CT molecular complexity index is 521. The molecular formula is C13H16N2O4. The number of aromatic nitrogens is 1. The molecule has 102 valence electrons. The highest BCUT2D eigenvalue weighted by atomic mass is 16.5. The number of carbonyl (C=O) groups is 2. The standard InChI is InChI=1S/C13H16N2O4/c1-2-8-5-9(11(16)17)6-15-10(8)13(12(14)18)3-4-19-7-13/h5-6H,2-4,7H2,1H3,(H2,14,18)(H,16,17). The largest absolute Gasteiger partial charge is 0.478 e. The van der Waals surface area contributed by atoms with Crippen LogP contribution in [0.4, 0.5) is 0 Å². The average Bonchev–Trinajstić information content (AvgIpc) is 2.88. The van der Waals surface area contributed by atoms with Gasteiger partial charge in [0.15, 0.2) is 0 Å². The number of carboxylic acid groups (broad SMARTS) is 1. The molecule has 6 nitrogen and oxygen atoms in total. The molecule has 1 aliphatic heterocycles. The van der Waals surface area contributed by atoms with Crippen molar-refractivity contribution < 1.29 is 19.4 Å². The Kier molecular flexibility index (Phi) is 3.53. The molecule has 1 fully saturated rings. The summed E-state index contributed by atoms with van der Waals surface area (Å²) in [6, 6.07) is 1.55. The zero-order chi connectivity index (χ0) is 14.0. The van der Waals surface area contributed by atoms with Gasteiger partial charge in [-0.2, -0.15) is 0 Å². The van der Waals surface area contributed by atoms with E-state index in [2.05, 4.69) is 4.98 Å². The highest BCUT2D eigenvalue weighted by Crippen LogP contribution is 2.34. The third-order valence-electron chi connectivity index (χ3n) is 3.54. The van der Waals surface area contributed by atoms with Crippen molar-refractivity contribution in [3.63, 3.8) is 0 Å². The number of carbonyl (C=O) groups excluding carboxylic acids is 1. The number of nitrogens with two attached hydrogens (primary N) is 1. The van der Waals surface area contributed by atoms with Gasteiger partial charge in [0.25, 0.3) is 0 Å². The molecule has 1 unspecified atom stereocenters. The van der Waals surface area contributed by atoms with E-state index >= 15 is 0 Å². The number of nitrogens with zero attached hydrogens (tertiary/aromatic N) is 1. The van der Waals surface area contributed by atoms with E-state index in [1.807, 2.05) is 6.92 Å². The predicted molar refractivity (Wildman–Crippen MR) is 66.9 cm³/mol. The minimum Gasteiger partial charge on any atom is -0.478 e. The zero-order valence-corrected chi connectivity index (χ0v) is 10.7. The van der Waals surface area contributed by atoms with Gasteiger partial charge in [0.05, 0.1) is 17.9 Å². The molecule has 0 saturated carbocycles. The minimum absolute atomic E-state index is 0.110. The fourth-order valence-electron chi connectivity index (χ4n) is 2.39. The van der Waals surface area contributed by atoms with Crippen molar-refractivity contribution in [3.8, 4) is 0 Å². The molecule has 1 aromatic rings. The third-order valence-corrected chi connectivity index (χ3v) is 3.54. The van der Waals surface area contributed by atoms with E-state index in [-0.39, 0.29) is 12.2 Å². The lowest BCUT2D eigenvalue weighted by molar-refractivity contribution is -0.123. The zero-order valence-electron chi connectivity index (χ0n) is 10.7. The van der Waals surface area contributed by atoms with E-state index in [1.165, 1.54) is 6.20 Å². The number of aryl methyl sites for hydroxylation is 1. The number of carboxylic acids is 1. The summed E-state index contributed by atoms with van der Waals surface area (Å²) in [6.45, 7) is 2.54. The van der Waals surface area contributed by atoms with Gasteiger partial charge in [-0.3, -0.25) is 9.78 Å². The van der Waals surface area contributed by atoms with Crippen molar-refractivity contribution in [1.82, 2.24) is 4.98 Å². The van der Waals surface area contributed by atoms with Gasteiger partial charge < -0.3 is 15.6 Å².